The number of aliphatic hydroxyl groups is 1. The van der Waals surface area contributed by atoms with Crippen molar-refractivity contribution < 1.29 is 24.2 Å². The maximum absolute atomic E-state index is 13.2. The Bertz CT molecular complexity index is 1310. The van der Waals surface area contributed by atoms with Crippen molar-refractivity contribution in [1.29, 1.82) is 0 Å². The van der Waals surface area contributed by atoms with Crippen LogP contribution < -0.4 is 20.5 Å². The van der Waals surface area contributed by atoms with Gasteiger partial charge in [-0.25, -0.2) is 9.50 Å². The molecule has 3 aromatic rings. The Hall–Kier alpha value is -3.18. The molecule has 3 aromatic heterocycles. The van der Waals surface area contributed by atoms with E-state index in [2.05, 4.69) is 15.4 Å². The van der Waals surface area contributed by atoms with E-state index in [-0.39, 0.29) is 24.7 Å². The van der Waals surface area contributed by atoms with Crippen LogP contribution in [0.2, 0.25) is 0 Å². The smallest absolute Gasteiger partial charge is 0.264 e. The number of hydrogen-bond donors (Lipinski definition) is 3. The molecule has 0 spiro atoms. The lowest BCUT2D eigenvalue weighted by Crippen LogP contribution is -2.39. The van der Waals surface area contributed by atoms with Gasteiger partial charge in [0.1, 0.15) is 18.5 Å². The number of nitrogens with zero attached hydrogens (tertiary/aromatic N) is 3. The predicted octanol–water partition coefficient (Wildman–Crippen LogP) is 3.35. The summed E-state index contributed by atoms with van der Waals surface area (Å²) in [6.07, 6.45) is 6.62. The Morgan fingerprint density at radius 3 is 2.59 bits per heavy atom. The number of carbonyl (C=O) groups is 2. The SMILES string of the molecule is Cc1nc(O[C@H]2CC[C@H](NC(=O)c3cnn4c(C5CC5)c(OCC(C)(C)O)ccc34)CC2)c(C(N)=O)s1. The summed E-state index contributed by atoms with van der Waals surface area (Å²) in [4.78, 5) is 29.5. The van der Waals surface area contributed by atoms with Crippen LogP contribution in [0, 0.1) is 6.92 Å². The molecule has 198 valence electrons. The number of rotatable bonds is 9. The van der Waals surface area contributed by atoms with E-state index in [0.717, 1.165) is 54.7 Å². The monoisotopic (exact) mass is 527 g/mol. The molecule has 0 aromatic carbocycles. The Labute approximate surface area is 219 Å². The van der Waals surface area contributed by atoms with Crippen molar-refractivity contribution in [3.63, 3.8) is 0 Å². The fraction of sp³-hybridized carbons (Fsp3) is 0.538. The Kier molecular flexibility index (Phi) is 6.84. The first-order valence-electron chi connectivity index (χ1n) is 12.7. The maximum Gasteiger partial charge on any atom is 0.264 e. The van der Waals surface area contributed by atoms with Gasteiger partial charge in [0.2, 0.25) is 5.88 Å². The number of amides is 2. The van der Waals surface area contributed by atoms with Gasteiger partial charge in [0.25, 0.3) is 11.8 Å². The molecule has 0 unspecified atom stereocenters. The first-order valence-corrected chi connectivity index (χ1v) is 13.5. The van der Waals surface area contributed by atoms with E-state index in [4.69, 9.17) is 15.2 Å². The van der Waals surface area contributed by atoms with E-state index in [1.807, 2.05) is 23.6 Å². The first kappa shape index (κ1) is 25.5. The Morgan fingerprint density at radius 2 is 1.95 bits per heavy atom. The molecule has 2 amide bonds. The molecule has 2 aliphatic rings. The van der Waals surface area contributed by atoms with Crippen molar-refractivity contribution in [2.75, 3.05) is 6.61 Å². The van der Waals surface area contributed by atoms with E-state index >= 15 is 0 Å². The third-order valence-electron chi connectivity index (χ3n) is 6.68. The predicted molar refractivity (Wildman–Crippen MR) is 138 cm³/mol. The van der Waals surface area contributed by atoms with E-state index < -0.39 is 11.5 Å². The number of carbonyl (C=O) groups excluding carboxylic acids is 2. The van der Waals surface area contributed by atoms with Crippen LogP contribution >= 0.6 is 11.3 Å². The normalized spacial score (nSPS) is 20.1. The zero-order chi connectivity index (χ0) is 26.3. The zero-order valence-electron chi connectivity index (χ0n) is 21.3. The highest BCUT2D eigenvalue weighted by atomic mass is 32.1. The fourth-order valence-electron chi connectivity index (χ4n) is 4.73. The van der Waals surface area contributed by atoms with Crippen LogP contribution in [0.4, 0.5) is 0 Å². The lowest BCUT2D eigenvalue weighted by atomic mass is 9.92. The van der Waals surface area contributed by atoms with Gasteiger partial charge in [0.15, 0.2) is 4.88 Å². The fourth-order valence-corrected chi connectivity index (χ4v) is 5.43. The number of ether oxygens (including phenoxy) is 2. The van der Waals surface area contributed by atoms with Gasteiger partial charge >= 0.3 is 0 Å². The molecule has 2 aliphatic carbocycles. The van der Waals surface area contributed by atoms with E-state index in [1.54, 1.807) is 20.0 Å². The Balaban J connectivity index is 1.23. The third kappa shape index (κ3) is 5.72. The summed E-state index contributed by atoms with van der Waals surface area (Å²) >= 11 is 1.24. The molecule has 10 nitrogen and oxygen atoms in total. The first-order chi connectivity index (χ1) is 17.6. The number of primary amides is 1. The molecular formula is C26H33N5O5S. The number of nitrogens with one attached hydrogen (secondary N) is 1. The molecule has 0 atom stereocenters. The highest BCUT2D eigenvalue weighted by molar-refractivity contribution is 7.13. The van der Waals surface area contributed by atoms with Gasteiger partial charge < -0.3 is 25.6 Å². The highest BCUT2D eigenvalue weighted by Crippen LogP contribution is 2.44. The zero-order valence-corrected chi connectivity index (χ0v) is 22.1. The topological polar surface area (TPSA) is 141 Å². The van der Waals surface area contributed by atoms with Gasteiger partial charge in [0, 0.05) is 12.0 Å². The van der Waals surface area contributed by atoms with Crippen molar-refractivity contribution in [2.45, 2.75) is 83.0 Å². The van der Waals surface area contributed by atoms with Gasteiger partial charge in [-0.05, 0) is 71.4 Å². The van der Waals surface area contributed by atoms with Crippen LogP contribution in [-0.2, 0) is 0 Å². The number of thiazole rings is 1. The Morgan fingerprint density at radius 1 is 1.22 bits per heavy atom. The van der Waals surface area contributed by atoms with Crippen molar-refractivity contribution >= 4 is 28.7 Å². The number of aromatic nitrogens is 3. The molecule has 0 bridgehead atoms. The van der Waals surface area contributed by atoms with E-state index in [9.17, 15) is 14.7 Å². The minimum Gasteiger partial charge on any atom is -0.489 e. The summed E-state index contributed by atoms with van der Waals surface area (Å²) < 4.78 is 13.7. The molecule has 2 fully saturated rings. The molecule has 2 saturated carbocycles. The van der Waals surface area contributed by atoms with Gasteiger partial charge in [-0.3, -0.25) is 9.59 Å². The van der Waals surface area contributed by atoms with E-state index in [1.165, 1.54) is 11.3 Å². The molecule has 3 heterocycles. The summed E-state index contributed by atoms with van der Waals surface area (Å²) in [5.74, 6) is 0.655. The second kappa shape index (κ2) is 9.94. The minimum atomic E-state index is -0.946. The van der Waals surface area contributed by atoms with Gasteiger partial charge in [-0.1, -0.05) is 0 Å². The van der Waals surface area contributed by atoms with Crippen LogP contribution in [-0.4, -0.2) is 55.9 Å². The number of fused-ring (bicyclic) bond motifs is 1. The third-order valence-corrected chi connectivity index (χ3v) is 7.65. The summed E-state index contributed by atoms with van der Waals surface area (Å²) in [6.45, 7) is 5.40. The molecule has 0 aliphatic heterocycles. The van der Waals surface area contributed by atoms with Crippen LogP contribution in [0.5, 0.6) is 11.6 Å². The summed E-state index contributed by atoms with van der Waals surface area (Å²) in [6, 6.07) is 3.74. The summed E-state index contributed by atoms with van der Waals surface area (Å²) in [5.41, 5.74) is 6.72. The minimum absolute atomic E-state index is 0.0207. The van der Waals surface area contributed by atoms with Crippen molar-refractivity contribution in [3.8, 4) is 11.6 Å². The second-order valence-electron chi connectivity index (χ2n) is 10.6. The summed E-state index contributed by atoms with van der Waals surface area (Å²) in [7, 11) is 0. The largest absolute Gasteiger partial charge is 0.489 e. The molecule has 11 heteroatoms. The van der Waals surface area contributed by atoms with E-state index in [0.29, 0.717) is 28.0 Å². The second-order valence-corrected chi connectivity index (χ2v) is 11.8. The number of pyridine rings is 1. The number of nitrogens with two attached hydrogens (primary N) is 1. The standard InChI is InChI=1S/C26H33N5O5S/c1-14-29-25(22(37-14)23(27)32)36-17-8-6-16(7-9-17)30-24(33)18-12-28-31-19(18)10-11-20(21(31)15-4-5-15)35-13-26(2,3)34/h10-12,15-17,34H,4-9,13H2,1-3H3,(H2,27,32)(H,30,33)/t16-,17-. The van der Waals surface area contributed by atoms with Gasteiger partial charge in [-0.2, -0.15) is 5.10 Å². The number of aryl methyl sites for hydroxylation is 1. The molecule has 5 rings (SSSR count). The van der Waals surface area contributed by atoms with Crippen LogP contribution in [0.3, 0.4) is 0 Å². The lowest BCUT2D eigenvalue weighted by molar-refractivity contribution is 0.0279. The molecular weight excluding hydrogens is 494 g/mol. The molecule has 0 saturated heterocycles. The highest BCUT2D eigenvalue weighted by Gasteiger charge is 2.32. The average molecular weight is 528 g/mol. The average Bonchev–Trinajstić information content (AvgIpc) is 3.47. The van der Waals surface area contributed by atoms with Crippen LogP contribution in [0.25, 0.3) is 5.52 Å². The molecule has 4 N–H and O–H groups in total. The van der Waals surface area contributed by atoms with Crippen molar-refractivity contribution in [3.05, 3.63) is 39.5 Å². The molecule has 0 radical (unpaired) electrons. The van der Waals surface area contributed by atoms with Crippen LogP contribution in [0.15, 0.2) is 18.3 Å². The number of hydrogen-bond acceptors (Lipinski definition) is 8. The van der Waals surface area contributed by atoms with Gasteiger partial charge in [-0.15, -0.1) is 11.3 Å². The van der Waals surface area contributed by atoms with Crippen molar-refractivity contribution in [2.24, 2.45) is 5.73 Å². The maximum atomic E-state index is 13.2. The molecule has 37 heavy (non-hydrogen) atoms. The lowest BCUT2D eigenvalue weighted by Gasteiger charge is -2.29. The van der Waals surface area contributed by atoms with Crippen LogP contribution in [0.1, 0.15) is 89.0 Å². The van der Waals surface area contributed by atoms with Gasteiger partial charge in [0.05, 0.1) is 33.6 Å². The summed E-state index contributed by atoms with van der Waals surface area (Å²) in [5, 5.41) is 18.5. The van der Waals surface area contributed by atoms with Crippen molar-refractivity contribution in [1.82, 2.24) is 19.9 Å². The quantitative estimate of drug-likeness (QED) is 0.387.